The maximum atomic E-state index is 12.0. The van der Waals surface area contributed by atoms with E-state index >= 15 is 0 Å². The van der Waals surface area contributed by atoms with E-state index in [0.29, 0.717) is 18.6 Å². The number of ketones is 1. The summed E-state index contributed by atoms with van der Waals surface area (Å²) in [5.41, 5.74) is 1.16. The van der Waals surface area contributed by atoms with E-state index in [1.165, 1.54) is 11.3 Å². The van der Waals surface area contributed by atoms with Crippen molar-refractivity contribution in [2.45, 2.75) is 24.7 Å². The molecule has 0 aliphatic carbocycles. The Bertz CT molecular complexity index is 556. The van der Waals surface area contributed by atoms with Gasteiger partial charge in [0.1, 0.15) is 0 Å². The first-order chi connectivity index (χ1) is 9.16. The van der Waals surface area contributed by atoms with Crippen molar-refractivity contribution in [2.24, 2.45) is 0 Å². The van der Waals surface area contributed by atoms with Crippen molar-refractivity contribution in [1.29, 1.82) is 0 Å². The van der Waals surface area contributed by atoms with Crippen LogP contribution in [0, 0.1) is 6.92 Å². The number of hydrogen-bond acceptors (Lipinski definition) is 3. The second kappa shape index (κ2) is 6.78. The molecule has 0 spiro atoms. The third-order valence-electron chi connectivity index (χ3n) is 2.81. The first kappa shape index (κ1) is 14.2. The molecule has 100 valence electrons. The van der Waals surface area contributed by atoms with Crippen LogP contribution in [0.5, 0.6) is 0 Å². The fourth-order valence-corrected chi connectivity index (χ4v) is 3.51. The number of carbonyl (C=O) groups excluding carboxylic acids is 1. The molecular formula is C15H16O2S2. The molecule has 0 radical (unpaired) electrons. The minimum Gasteiger partial charge on any atom is -0.293 e. The summed E-state index contributed by atoms with van der Waals surface area (Å²) in [5.74, 6) is 0.691. The molecule has 0 fully saturated rings. The van der Waals surface area contributed by atoms with Gasteiger partial charge in [0.15, 0.2) is 5.78 Å². The molecule has 2 rings (SSSR count). The number of hydrogen-bond donors (Lipinski definition) is 0. The summed E-state index contributed by atoms with van der Waals surface area (Å²) < 4.78 is 12.0. The van der Waals surface area contributed by atoms with Crippen LogP contribution in [0.1, 0.15) is 28.1 Å². The van der Waals surface area contributed by atoms with E-state index in [-0.39, 0.29) is 5.78 Å². The predicted molar refractivity (Wildman–Crippen MR) is 80.3 cm³/mol. The minimum absolute atomic E-state index is 0.149. The number of benzene rings is 1. The van der Waals surface area contributed by atoms with Crippen LogP contribution in [-0.4, -0.2) is 15.7 Å². The van der Waals surface area contributed by atoms with Crippen molar-refractivity contribution in [1.82, 2.24) is 0 Å². The molecule has 0 aliphatic heterocycles. The zero-order valence-corrected chi connectivity index (χ0v) is 12.4. The van der Waals surface area contributed by atoms with E-state index < -0.39 is 10.8 Å². The van der Waals surface area contributed by atoms with Gasteiger partial charge in [-0.15, -0.1) is 11.3 Å². The number of Topliss-reactive ketones (excluding diaryl/α,β-unsaturated/α-hetero) is 1. The molecule has 1 unspecified atom stereocenters. The first-order valence-corrected chi connectivity index (χ1v) is 8.38. The summed E-state index contributed by atoms with van der Waals surface area (Å²) in [6.45, 7) is 2.01. The maximum Gasteiger partial charge on any atom is 0.172 e. The molecule has 0 aliphatic rings. The van der Waals surface area contributed by atoms with E-state index in [4.69, 9.17) is 0 Å². The van der Waals surface area contributed by atoms with Crippen LogP contribution in [0.3, 0.4) is 0 Å². The Hall–Kier alpha value is -1.26. The Morgan fingerprint density at radius 3 is 2.58 bits per heavy atom. The number of thiophene rings is 1. The largest absolute Gasteiger partial charge is 0.293 e. The third kappa shape index (κ3) is 4.11. The first-order valence-electron chi connectivity index (χ1n) is 6.18. The van der Waals surface area contributed by atoms with E-state index in [1.54, 1.807) is 0 Å². The van der Waals surface area contributed by atoms with Gasteiger partial charge in [0.05, 0.1) is 15.7 Å². The zero-order chi connectivity index (χ0) is 13.7. The highest BCUT2D eigenvalue weighted by Crippen LogP contribution is 2.14. The fraction of sp³-hybridized carbons (Fsp3) is 0.267. The molecule has 0 N–H and O–H groups in total. The molecule has 0 amide bonds. The quantitative estimate of drug-likeness (QED) is 0.758. The van der Waals surface area contributed by atoms with Gasteiger partial charge >= 0.3 is 0 Å². The molecule has 2 nitrogen and oxygen atoms in total. The van der Waals surface area contributed by atoms with Crippen LogP contribution in [-0.2, 0) is 10.8 Å². The van der Waals surface area contributed by atoms with Gasteiger partial charge in [0.2, 0.25) is 0 Å². The second-order valence-electron chi connectivity index (χ2n) is 4.37. The lowest BCUT2D eigenvalue weighted by atomic mass is 10.2. The Balaban J connectivity index is 1.81. The molecule has 1 aromatic heterocycles. The standard InChI is InChI=1S/C15H16O2S2/c1-12-6-8-13(9-7-12)19(17)11-3-4-14(16)15-5-2-10-18-15/h2,5-10H,3-4,11H2,1H3. The van der Waals surface area contributed by atoms with E-state index in [0.717, 1.165) is 15.3 Å². The van der Waals surface area contributed by atoms with Gasteiger partial charge in [-0.1, -0.05) is 23.8 Å². The molecule has 0 bridgehead atoms. The molecule has 1 heterocycles. The molecule has 4 heteroatoms. The maximum absolute atomic E-state index is 12.0. The fourth-order valence-electron chi connectivity index (χ4n) is 1.73. The van der Waals surface area contributed by atoms with Gasteiger partial charge in [0, 0.05) is 17.1 Å². The van der Waals surface area contributed by atoms with Crippen molar-refractivity contribution < 1.29 is 9.00 Å². The van der Waals surface area contributed by atoms with Crippen LogP contribution >= 0.6 is 11.3 Å². The molecular weight excluding hydrogens is 276 g/mol. The lowest BCUT2D eigenvalue weighted by Gasteiger charge is -2.02. The summed E-state index contributed by atoms with van der Waals surface area (Å²) in [6.07, 6.45) is 1.13. The van der Waals surface area contributed by atoms with Crippen molar-refractivity contribution in [3.05, 3.63) is 52.2 Å². The van der Waals surface area contributed by atoms with Gasteiger partial charge in [-0.05, 0) is 36.9 Å². The summed E-state index contributed by atoms with van der Waals surface area (Å²) >= 11 is 1.46. The highest BCUT2D eigenvalue weighted by Gasteiger charge is 2.08. The normalized spacial score (nSPS) is 12.3. The smallest absolute Gasteiger partial charge is 0.172 e. The van der Waals surface area contributed by atoms with Gasteiger partial charge in [0.25, 0.3) is 0 Å². The minimum atomic E-state index is -1.00. The van der Waals surface area contributed by atoms with Gasteiger partial charge in [-0.2, -0.15) is 0 Å². The number of aryl methyl sites for hydroxylation is 1. The van der Waals surface area contributed by atoms with Crippen LogP contribution in [0.4, 0.5) is 0 Å². The van der Waals surface area contributed by atoms with Crippen LogP contribution < -0.4 is 0 Å². The van der Waals surface area contributed by atoms with Crippen LogP contribution in [0.25, 0.3) is 0 Å². The molecule has 0 saturated carbocycles. The molecule has 1 aromatic carbocycles. The van der Waals surface area contributed by atoms with Crippen molar-refractivity contribution >= 4 is 27.9 Å². The molecule has 0 saturated heterocycles. The van der Waals surface area contributed by atoms with E-state index in [9.17, 15) is 9.00 Å². The Morgan fingerprint density at radius 2 is 1.95 bits per heavy atom. The Kier molecular flexibility index (Phi) is 5.05. The van der Waals surface area contributed by atoms with Crippen molar-refractivity contribution in [3.8, 4) is 0 Å². The van der Waals surface area contributed by atoms with Crippen LogP contribution in [0.2, 0.25) is 0 Å². The topological polar surface area (TPSA) is 34.1 Å². The zero-order valence-electron chi connectivity index (χ0n) is 10.8. The average Bonchev–Trinajstić information content (AvgIpc) is 2.93. The van der Waals surface area contributed by atoms with Crippen molar-refractivity contribution in [2.75, 3.05) is 5.75 Å². The Morgan fingerprint density at radius 1 is 1.21 bits per heavy atom. The van der Waals surface area contributed by atoms with Crippen LogP contribution in [0.15, 0.2) is 46.7 Å². The molecule has 19 heavy (non-hydrogen) atoms. The Labute approximate surface area is 119 Å². The molecule has 2 aromatic rings. The number of rotatable bonds is 6. The van der Waals surface area contributed by atoms with Gasteiger partial charge < -0.3 is 0 Å². The highest BCUT2D eigenvalue weighted by atomic mass is 32.2. The summed E-state index contributed by atoms with van der Waals surface area (Å²) in [4.78, 5) is 13.4. The van der Waals surface area contributed by atoms with E-state index in [2.05, 4.69) is 0 Å². The summed E-state index contributed by atoms with van der Waals surface area (Å²) in [6, 6.07) is 11.4. The lowest BCUT2D eigenvalue weighted by molar-refractivity contribution is 0.0986. The third-order valence-corrected chi connectivity index (χ3v) is 5.18. The van der Waals surface area contributed by atoms with Gasteiger partial charge in [-0.3, -0.25) is 9.00 Å². The average molecular weight is 292 g/mol. The van der Waals surface area contributed by atoms with Gasteiger partial charge in [-0.25, -0.2) is 0 Å². The van der Waals surface area contributed by atoms with E-state index in [1.807, 2.05) is 48.7 Å². The second-order valence-corrected chi connectivity index (χ2v) is 6.89. The molecule has 1 atom stereocenters. The SMILES string of the molecule is Cc1ccc(S(=O)CCCC(=O)c2cccs2)cc1. The predicted octanol–water partition coefficient (Wildman–Crippen LogP) is 3.83. The highest BCUT2D eigenvalue weighted by molar-refractivity contribution is 7.85. The summed E-state index contributed by atoms with van der Waals surface area (Å²) in [5, 5.41) is 1.90. The lowest BCUT2D eigenvalue weighted by Crippen LogP contribution is -2.02. The monoisotopic (exact) mass is 292 g/mol. The summed E-state index contributed by atoms with van der Waals surface area (Å²) in [7, 11) is -1.00. The number of carbonyl (C=O) groups is 1. The van der Waals surface area contributed by atoms with Crippen molar-refractivity contribution in [3.63, 3.8) is 0 Å².